The Morgan fingerprint density at radius 2 is 1.94 bits per heavy atom. The van der Waals surface area contributed by atoms with Crippen LogP contribution in [-0.4, -0.2) is 18.5 Å². The average molecular weight is 323 g/mol. The quantitative estimate of drug-likeness (QED) is 0.808. The maximum absolute atomic E-state index is 12.6. The largest absolute Gasteiger partial charge is 0.416 e. The van der Waals surface area contributed by atoms with E-state index in [-0.39, 0.29) is 16.7 Å². The lowest BCUT2D eigenvalue weighted by atomic mass is 10.2. The lowest BCUT2D eigenvalue weighted by molar-refractivity contribution is -0.137. The third kappa shape index (κ3) is 2.20. The Kier molecular flexibility index (Phi) is 3.05. The highest BCUT2D eigenvalue weighted by molar-refractivity contribution is 9.10. The van der Waals surface area contributed by atoms with Gasteiger partial charge in [0.25, 0.3) is 5.91 Å². The number of benzene rings is 1. The number of alkyl halides is 3. The summed E-state index contributed by atoms with van der Waals surface area (Å²) in [5.74, 6) is -0.597. The zero-order chi connectivity index (χ0) is 13.5. The number of hydrogen-bond acceptors (Lipinski definition) is 2. The minimum Gasteiger partial charge on any atom is -0.328 e. The lowest BCUT2D eigenvalue weighted by Crippen LogP contribution is -2.31. The molecule has 1 saturated heterocycles. The summed E-state index contributed by atoms with van der Waals surface area (Å²) in [5, 5.41) is 2.24. The maximum Gasteiger partial charge on any atom is 0.416 e. The lowest BCUT2D eigenvalue weighted by Gasteiger charge is -2.16. The van der Waals surface area contributed by atoms with Gasteiger partial charge in [-0.25, -0.2) is 9.69 Å². The molecule has 1 heterocycles. The molecule has 1 aromatic rings. The minimum absolute atomic E-state index is 0.121. The number of halogens is 4. The number of rotatable bonds is 1. The number of carbonyl (C=O) groups excluding carboxylic acids is 2. The number of imide groups is 1. The van der Waals surface area contributed by atoms with Crippen LogP contribution in [0.5, 0.6) is 0 Å². The first-order valence-electron chi connectivity index (χ1n) is 4.78. The highest BCUT2D eigenvalue weighted by Gasteiger charge is 2.35. The number of urea groups is 1. The van der Waals surface area contributed by atoms with E-state index < -0.39 is 23.7 Å². The SMILES string of the molecule is O=C1CNC(=O)N1c1cc(C(F)(F)F)ccc1Br. The van der Waals surface area contributed by atoms with Gasteiger partial charge in [-0.05, 0) is 34.1 Å². The third-order valence-corrected chi connectivity index (χ3v) is 3.03. The molecule has 1 N–H and O–H groups in total. The molecule has 2 rings (SSSR count). The molecule has 1 fully saturated rings. The first-order chi connectivity index (χ1) is 8.30. The van der Waals surface area contributed by atoms with Crippen LogP contribution >= 0.6 is 15.9 Å². The van der Waals surface area contributed by atoms with Crippen LogP contribution in [0.4, 0.5) is 23.7 Å². The van der Waals surface area contributed by atoms with E-state index in [2.05, 4.69) is 21.2 Å². The first-order valence-corrected chi connectivity index (χ1v) is 5.57. The second kappa shape index (κ2) is 4.27. The predicted octanol–water partition coefficient (Wildman–Crippen LogP) is 2.52. The molecular formula is C10H6BrF3N2O2. The monoisotopic (exact) mass is 322 g/mol. The molecule has 3 amide bonds. The second-order valence-electron chi connectivity index (χ2n) is 3.55. The fourth-order valence-corrected chi connectivity index (χ4v) is 1.95. The highest BCUT2D eigenvalue weighted by atomic mass is 79.9. The van der Waals surface area contributed by atoms with E-state index in [1.165, 1.54) is 0 Å². The molecule has 0 aromatic heterocycles. The predicted molar refractivity (Wildman–Crippen MR) is 60.0 cm³/mol. The molecule has 0 saturated carbocycles. The van der Waals surface area contributed by atoms with Gasteiger partial charge in [-0.2, -0.15) is 13.2 Å². The number of nitrogens with zero attached hydrogens (tertiary/aromatic N) is 1. The van der Waals surface area contributed by atoms with Gasteiger partial charge in [-0.1, -0.05) is 0 Å². The Hall–Kier alpha value is -1.57. The van der Waals surface area contributed by atoms with E-state index in [9.17, 15) is 22.8 Å². The molecule has 96 valence electrons. The van der Waals surface area contributed by atoms with Crippen molar-refractivity contribution in [3.05, 3.63) is 28.2 Å². The van der Waals surface area contributed by atoms with Gasteiger partial charge < -0.3 is 5.32 Å². The summed E-state index contributed by atoms with van der Waals surface area (Å²) in [6.45, 7) is -0.221. The summed E-state index contributed by atoms with van der Waals surface area (Å²) in [6.07, 6.45) is -4.53. The average Bonchev–Trinajstić information content (AvgIpc) is 2.58. The molecule has 1 aliphatic rings. The Labute approximate surface area is 108 Å². The van der Waals surface area contributed by atoms with Crippen molar-refractivity contribution in [1.29, 1.82) is 0 Å². The van der Waals surface area contributed by atoms with Crippen molar-refractivity contribution < 1.29 is 22.8 Å². The highest BCUT2D eigenvalue weighted by Crippen LogP contribution is 2.36. The number of anilines is 1. The standard InChI is InChI=1S/C10H6BrF3N2O2/c11-6-2-1-5(10(12,13)14)3-7(6)16-8(17)4-15-9(16)18/h1-3H,4H2,(H,15,18). The molecular weight excluding hydrogens is 317 g/mol. The summed E-state index contributed by atoms with van der Waals surface area (Å²) >= 11 is 3.02. The molecule has 8 heteroatoms. The second-order valence-corrected chi connectivity index (χ2v) is 4.41. The fraction of sp³-hybridized carbons (Fsp3) is 0.200. The van der Waals surface area contributed by atoms with Crippen LogP contribution in [0, 0.1) is 0 Å². The van der Waals surface area contributed by atoms with Gasteiger partial charge in [-0.3, -0.25) is 4.79 Å². The molecule has 0 unspecified atom stereocenters. The summed E-state index contributed by atoms with van der Waals surface area (Å²) in [7, 11) is 0. The van der Waals surface area contributed by atoms with E-state index in [1.54, 1.807) is 0 Å². The Morgan fingerprint density at radius 1 is 1.28 bits per heavy atom. The summed E-state index contributed by atoms with van der Waals surface area (Å²) in [6, 6.07) is 2.04. The number of hydrogen-bond donors (Lipinski definition) is 1. The van der Waals surface area contributed by atoms with Crippen LogP contribution in [0.15, 0.2) is 22.7 Å². The molecule has 1 aliphatic heterocycles. The maximum atomic E-state index is 12.6. The van der Waals surface area contributed by atoms with Crippen LogP contribution in [0.25, 0.3) is 0 Å². The number of amides is 3. The van der Waals surface area contributed by atoms with Gasteiger partial charge in [0.1, 0.15) is 0 Å². The van der Waals surface area contributed by atoms with Crippen LogP contribution < -0.4 is 10.2 Å². The van der Waals surface area contributed by atoms with E-state index in [1.807, 2.05) is 0 Å². The van der Waals surface area contributed by atoms with Crippen molar-refractivity contribution >= 4 is 33.6 Å². The molecule has 0 aliphatic carbocycles. The summed E-state index contributed by atoms with van der Waals surface area (Å²) in [5.41, 5.74) is -1.04. The molecule has 0 bridgehead atoms. The van der Waals surface area contributed by atoms with Gasteiger partial charge >= 0.3 is 12.2 Å². The number of nitrogens with one attached hydrogen (secondary N) is 1. The van der Waals surface area contributed by atoms with Crippen LogP contribution in [0.1, 0.15) is 5.56 Å². The van der Waals surface area contributed by atoms with Crippen molar-refractivity contribution in [1.82, 2.24) is 5.32 Å². The first kappa shape index (κ1) is 12.9. The molecule has 0 spiro atoms. The van der Waals surface area contributed by atoms with Gasteiger partial charge in [0.05, 0.1) is 17.8 Å². The minimum atomic E-state index is -4.53. The topological polar surface area (TPSA) is 49.4 Å². The zero-order valence-corrected chi connectivity index (χ0v) is 10.3. The van der Waals surface area contributed by atoms with E-state index in [4.69, 9.17) is 0 Å². The van der Waals surface area contributed by atoms with E-state index in [0.29, 0.717) is 4.90 Å². The zero-order valence-electron chi connectivity index (χ0n) is 8.71. The fourth-order valence-electron chi connectivity index (χ4n) is 1.53. The molecule has 0 radical (unpaired) electrons. The van der Waals surface area contributed by atoms with Crippen molar-refractivity contribution in [2.24, 2.45) is 0 Å². The third-order valence-electron chi connectivity index (χ3n) is 2.36. The Morgan fingerprint density at radius 3 is 2.44 bits per heavy atom. The van der Waals surface area contributed by atoms with Gasteiger partial charge in [0.2, 0.25) is 0 Å². The van der Waals surface area contributed by atoms with Gasteiger partial charge in [0.15, 0.2) is 0 Å². The normalized spacial score (nSPS) is 16.1. The van der Waals surface area contributed by atoms with Crippen molar-refractivity contribution in [2.75, 3.05) is 11.4 Å². The van der Waals surface area contributed by atoms with E-state index >= 15 is 0 Å². The van der Waals surface area contributed by atoms with Gasteiger partial charge in [-0.15, -0.1) is 0 Å². The van der Waals surface area contributed by atoms with E-state index in [0.717, 1.165) is 18.2 Å². The molecule has 4 nitrogen and oxygen atoms in total. The van der Waals surface area contributed by atoms with Crippen LogP contribution in [0.3, 0.4) is 0 Å². The Balaban J connectivity index is 2.50. The van der Waals surface area contributed by atoms with Gasteiger partial charge in [0, 0.05) is 4.47 Å². The summed E-state index contributed by atoms with van der Waals surface area (Å²) in [4.78, 5) is 23.5. The smallest absolute Gasteiger partial charge is 0.328 e. The van der Waals surface area contributed by atoms with Crippen LogP contribution in [-0.2, 0) is 11.0 Å². The number of carbonyl (C=O) groups is 2. The van der Waals surface area contributed by atoms with Crippen molar-refractivity contribution in [3.63, 3.8) is 0 Å². The Bertz CT molecular complexity index is 514. The van der Waals surface area contributed by atoms with Crippen molar-refractivity contribution in [3.8, 4) is 0 Å². The van der Waals surface area contributed by atoms with Crippen LogP contribution in [0.2, 0.25) is 0 Å². The molecule has 18 heavy (non-hydrogen) atoms. The summed E-state index contributed by atoms with van der Waals surface area (Å²) < 4.78 is 37.9. The molecule has 1 aromatic carbocycles. The van der Waals surface area contributed by atoms with Crippen molar-refractivity contribution in [2.45, 2.75) is 6.18 Å². The molecule has 0 atom stereocenters.